The fraction of sp³-hybridized carbons (Fsp3) is 0.571. The molecule has 0 aliphatic carbocycles. The van der Waals surface area contributed by atoms with Gasteiger partial charge < -0.3 is 5.32 Å². The zero-order chi connectivity index (χ0) is 15.5. The zero-order valence-electron chi connectivity index (χ0n) is 12.4. The largest absolute Gasteiger partial charge is 0.317 e. The van der Waals surface area contributed by atoms with Gasteiger partial charge in [-0.05, 0) is 59.9 Å². The number of benzene rings is 1. The summed E-state index contributed by atoms with van der Waals surface area (Å²) in [5, 5.41) is 3.58. The van der Waals surface area contributed by atoms with Crippen LogP contribution < -0.4 is 5.32 Å². The number of hydrogen-bond donors (Lipinski definition) is 1. The van der Waals surface area contributed by atoms with Crippen molar-refractivity contribution in [3.8, 4) is 0 Å². The van der Waals surface area contributed by atoms with Crippen molar-refractivity contribution in [3.05, 3.63) is 27.7 Å². The van der Waals surface area contributed by atoms with Crippen molar-refractivity contribution in [3.63, 3.8) is 0 Å². The molecule has 8 heteroatoms. The quantitative estimate of drug-likeness (QED) is 0.775. The third-order valence-corrected chi connectivity index (χ3v) is 7.14. The fourth-order valence-electron chi connectivity index (χ4n) is 2.52. The van der Waals surface area contributed by atoms with Crippen LogP contribution >= 0.6 is 39.9 Å². The molecule has 1 aromatic carbocycles. The van der Waals surface area contributed by atoms with Crippen molar-refractivity contribution in [2.75, 3.05) is 26.2 Å². The average Bonchev–Trinajstić information content (AvgIpc) is 2.48. The predicted molar refractivity (Wildman–Crippen MR) is 96.4 cm³/mol. The van der Waals surface area contributed by atoms with E-state index in [1.807, 2.05) is 0 Å². The van der Waals surface area contributed by atoms with E-state index in [0.29, 0.717) is 23.5 Å². The molecule has 1 heterocycles. The molecule has 0 unspecified atom stereocenters. The average molecular weight is 432 g/mol. The van der Waals surface area contributed by atoms with Gasteiger partial charge in [0, 0.05) is 17.6 Å². The Morgan fingerprint density at radius 1 is 1.36 bits per heavy atom. The van der Waals surface area contributed by atoms with Crippen molar-refractivity contribution in [1.82, 2.24) is 9.62 Å². The van der Waals surface area contributed by atoms with Crippen LogP contribution in [0.25, 0.3) is 0 Å². The summed E-state index contributed by atoms with van der Waals surface area (Å²) in [4.78, 5) is 0.184. The summed E-state index contributed by atoms with van der Waals surface area (Å²) >= 11 is 9.41. The van der Waals surface area contributed by atoms with E-state index in [1.54, 1.807) is 22.5 Å². The van der Waals surface area contributed by atoms with E-state index in [2.05, 4.69) is 28.2 Å². The first kappa shape index (κ1) is 20.2. The maximum absolute atomic E-state index is 12.7. The van der Waals surface area contributed by atoms with E-state index >= 15 is 0 Å². The summed E-state index contributed by atoms with van der Waals surface area (Å²) in [6.07, 6.45) is 1.77. The molecule has 22 heavy (non-hydrogen) atoms. The molecule has 4 nitrogen and oxygen atoms in total. The minimum atomic E-state index is -3.51. The van der Waals surface area contributed by atoms with Gasteiger partial charge in [-0.2, -0.15) is 4.31 Å². The van der Waals surface area contributed by atoms with Crippen molar-refractivity contribution >= 4 is 50.0 Å². The fourth-order valence-corrected chi connectivity index (χ4v) is 5.00. The van der Waals surface area contributed by atoms with E-state index in [4.69, 9.17) is 11.6 Å². The van der Waals surface area contributed by atoms with E-state index in [-0.39, 0.29) is 22.3 Å². The lowest BCUT2D eigenvalue weighted by Crippen LogP contribution is -2.40. The first-order chi connectivity index (χ1) is 9.96. The molecule has 0 atom stereocenters. The molecule has 1 fully saturated rings. The molecule has 2 rings (SSSR count). The number of halogens is 3. The number of sulfonamides is 1. The monoisotopic (exact) mass is 430 g/mol. The Labute approximate surface area is 152 Å². The van der Waals surface area contributed by atoms with Gasteiger partial charge >= 0.3 is 0 Å². The van der Waals surface area contributed by atoms with Crippen LogP contribution in [0, 0.1) is 5.92 Å². The Balaban J connectivity index is 0.00000242. The molecule has 1 aromatic rings. The van der Waals surface area contributed by atoms with E-state index in [9.17, 15) is 8.42 Å². The molecule has 126 valence electrons. The van der Waals surface area contributed by atoms with Gasteiger partial charge in [-0.3, -0.25) is 0 Å². The maximum Gasteiger partial charge on any atom is 0.244 e. The highest BCUT2D eigenvalue weighted by Crippen LogP contribution is 2.32. The molecular formula is C14H21BrCl2N2O2S. The molecule has 1 aliphatic heterocycles. The van der Waals surface area contributed by atoms with Crippen LogP contribution in [0.1, 0.15) is 19.8 Å². The smallest absolute Gasteiger partial charge is 0.244 e. The molecular weight excluding hydrogens is 411 g/mol. The van der Waals surface area contributed by atoms with E-state index in [0.717, 1.165) is 25.9 Å². The van der Waals surface area contributed by atoms with Gasteiger partial charge in [-0.1, -0.05) is 24.6 Å². The topological polar surface area (TPSA) is 49.4 Å². The van der Waals surface area contributed by atoms with Crippen LogP contribution in [-0.4, -0.2) is 38.9 Å². The van der Waals surface area contributed by atoms with Gasteiger partial charge in [0.2, 0.25) is 10.0 Å². The lowest BCUT2D eigenvalue weighted by molar-refractivity contribution is 0.268. The van der Waals surface area contributed by atoms with Gasteiger partial charge in [0.05, 0.1) is 5.02 Å². The third-order valence-electron chi connectivity index (χ3n) is 3.79. The minimum absolute atomic E-state index is 0. The standard InChI is InChI=1S/C14H20BrClN2O2S.ClH/c1-2-17-10-11-6-8-18(9-7-11)21(19,20)13-5-3-4-12(15)14(13)16;/h3-5,11,17H,2,6-10H2,1H3;1H. The van der Waals surface area contributed by atoms with Crippen LogP contribution in [0.2, 0.25) is 5.02 Å². The summed E-state index contributed by atoms with van der Waals surface area (Å²) in [5.74, 6) is 0.550. The molecule has 1 aliphatic rings. The molecule has 0 aromatic heterocycles. The highest BCUT2D eigenvalue weighted by Gasteiger charge is 2.31. The van der Waals surface area contributed by atoms with Gasteiger partial charge in [-0.25, -0.2) is 8.42 Å². The Morgan fingerprint density at radius 3 is 2.59 bits per heavy atom. The third kappa shape index (κ3) is 4.58. The SMILES string of the molecule is CCNCC1CCN(S(=O)(=O)c2cccc(Br)c2Cl)CC1.Cl. The summed E-state index contributed by atoms with van der Waals surface area (Å²) in [6.45, 7) is 5.10. The number of rotatable bonds is 5. The Kier molecular flexibility index (Phi) is 8.12. The van der Waals surface area contributed by atoms with Crippen molar-refractivity contribution < 1.29 is 8.42 Å². The van der Waals surface area contributed by atoms with Crippen molar-refractivity contribution in [2.45, 2.75) is 24.7 Å². The Hall–Kier alpha value is 0.150. The van der Waals surface area contributed by atoms with Gasteiger partial charge in [0.25, 0.3) is 0 Å². The highest BCUT2D eigenvalue weighted by atomic mass is 79.9. The molecule has 0 bridgehead atoms. The van der Waals surface area contributed by atoms with Crippen LogP contribution in [0.15, 0.2) is 27.6 Å². The van der Waals surface area contributed by atoms with Gasteiger partial charge in [-0.15, -0.1) is 12.4 Å². The lowest BCUT2D eigenvalue weighted by Gasteiger charge is -2.31. The molecule has 0 amide bonds. The second-order valence-corrected chi connectivity index (χ2v) is 8.35. The predicted octanol–water partition coefficient (Wildman–Crippen LogP) is 3.53. The summed E-state index contributed by atoms with van der Waals surface area (Å²) in [7, 11) is -3.51. The molecule has 1 N–H and O–H groups in total. The number of nitrogens with one attached hydrogen (secondary N) is 1. The molecule has 0 spiro atoms. The summed E-state index contributed by atoms with van der Waals surface area (Å²) in [5.41, 5.74) is 0. The van der Waals surface area contributed by atoms with Crippen molar-refractivity contribution in [2.24, 2.45) is 5.92 Å². The maximum atomic E-state index is 12.7. The van der Waals surface area contributed by atoms with Crippen molar-refractivity contribution in [1.29, 1.82) is 0 Å². The second kappa shape index (κ2) is 8.85. The number of hydrogen-bond acceptors (Lipinski definition) is 3. The summed E-state index contributed by atoms with van der Waals surface area (Å²) in [6, 6.07) is 5.00. The molecule has 0 radical (unpaired) electrons. The first-order valence-corrected chi connectivity index (χ1v) is 9.72. The second-order valence-electron chi connectivity index (χ2n) is 5.21. The highest BCUT2D eigenvalue weighted by molar-refractivity contribution is 9.10. The number of nitrogens with zero attached hydrogens (tertiary/aromatic N) is 1. The molecule has 0 saturated carbocycles. The van der Waals surface area contributed by atoms with Gasteiger partial charge in [0.1, 0.15) is 4.90 Å². The van der Waals surface area contributed by atoms with E-state index in [1.165, 1.54) is 0 Å². The Bertz CT molecular complexity index is 591. The van der Waals surface area contributed by atoms with Crippen LogP contribution in [-0.2, 0) is 10.0 Å². The van der Waals surface area contributed by atoms with Crippen LogP contribution in [0.4, 0.5) is 0 Å². The van der Waals surface area contributed by atoms with Gasteiger partial charge in [0.15, 0.2) is 0 Å². The minimum Gasteiger partial charge on any atom is -0.317 e. The molecule has 1 saturated heterocycles. The normalized spacial score (nSPS) is 17.2. The summed E-state index contributed by atoms with van der Waals surface area (Å²) < 4.78 is 27.5. The lowest BCUT2D eigenvalue weighted by atomic mass is 9.98. The Morgan fingerprint density at radius 2 is 2.00 bits per heavy atom. The van der Waals surface area contributed by atoms with Crippen LogP contribution in [0.5, 0.6) is 0 Å². The zero-order valence-corrected chi connectivity index (χ0v) is 16.4. The first-order valence-electron chi connectivity index (χ1n) is 7.11. The number of piperidine rings is 1. The van der Waals surface area contributed by atoms with E-state index < -0.39 is 10.0 Å². The van der Waals surface area contributed by atoms with Crippen LogP contribution in [0.3, 0.4) is 0 Å².